The molecule has 0 saturated carbocycles. The number of nitrogens with zero attached hydrogens (tertiary/aromatic N) is 1. The highest BCUT2D eigenvalue weighted by atomic mass is 35.5. The fraction of sp³-hybridized carbons (Fsp3) is 0.222. The van der Waals surface area contributed by atoms with E-state index in [1.807, 2.05) is 0 Å². The monoisotopic (exact) mass is 362 g/mol. The van der Waals surface area contributed by atoms with Crippen LogP contribution in [0.25, 0.3) is 0 Å². The number of carbonyl (C=O) groups excluding carboxylic acids is 2. The molecular weight excluding hydrogens is 347 g/mol. The molecule has 2 aromatic rings. The molecule has 0 radical (unpaired) electrons. The third-order valence-corrected chi connectivity index (χ3v) is 4.09. The lowest BCUT2D eigenvalue weighted by Gasteiger charge is -2.18. The first-order chi connectivity index (χ1) is 12.0. The van der Waals surface area contributed by atoms with E-state index < -0.39 is 11.7 Å². The predicted octanol–water partition coefficient (Wildman–Crippen LogP) is 3.62. The number of rotatable bonds is 5. The molecule has 0 aliphatic carbocycles. The maximum atomic E-state index is 13.4. The van der Waals surface area contributed by atoms with Gasteiger partial charge in [-0.05, 0) is 36.8 Å². The van der Waals surface area contributed by atoms with Gasteiger partial charge >= 0.3 is 0 Å². The molecule has 1 fully saturated rings. The summed E-state index contributed by atoms with van der Waals surface area (Å²) >= 11 is 6.23. The highest BCUT2D eigenvalue weighted by Crippen LogP contribution is 2.31. The van der Waals surface area contributed by atoms with Gasteiger partial charge in [0.05, 0.1) is 10.7 Å². The summed E-state index contributed by atoms with van der Waals surface area (Å²) < 4.78 is 18.6. The Morgan fingerprint density at radius 2 is 2.08 bits per heavy atom. The first-order valence-corrected chi connectivity index (χ1v) is 8.19. The minimum Gasteiger partial charge on any atom is -0.481 e. The zero-order chi connectivity index (χ0) is 17.8. The quantitative estimate of drug-likeness (QED) is 0.883. The van der Waals surface area contributed by atoms with Crippen LogP contribution in [-0.2, 0) is 9.59 Å². The molecule has 1 heterocycles. The number of carbonyl (C=O) groups is 2. The van der Waals surface area contributed by atoms with Crippen molar-refractivity contribution in [1.82, 2.24) is 0 Å². The Hall–Kier alpha value is -2.60. The summed E-state index contributed by atoms with van der Waals surface area (Å²) in [6, 6.07) is 10.8. The van der Waals surface area contributed by atoms with Gasteiger partial charge in [0.2, 0.25) is 5.91 Å². The van der Waals surface area contributed by atoms with Crippen LogP contribution in [0.3, 0.4) is 0 Å². The number of para-hydroxylation sites is 1. The standard InChI is InChI=1S/C18H16ClFN2O3/c19-13-10-12(7-8-15(13)22-9-3-6-18(22)24)21-17(23)11-25-16-5-2-1-4-14(16)20/h1-2,4-5,7-8,10H,3,6,9,11H2,(H,21,23). The second-order valence-electron chi connectivity index (χ2n) is 5.58. The van der Waals surface area contributed by atoms with E-state index in [-0.39, 0.29) is 18.3 Å². The smallest absolute Gasteiger partial charge is 0.262 e. The van der Waals surface area contributed by atoms with E-state index >= 15 is 0 Å². The van der Waals surface area contributed by atoms with Gasteiger partial charge in [-0.1, -0.05) is 23.7 Å². The lowest BCUT2D eigenvalue weighted by Crippen LogP contribution is -2.24. The minimum atomic E-state index is -0.530. The Morgan fingerprint density at radius 3 is 2.76 bits per heavy atom. The molecule has 2 aromatic carbocycles. The van der Waals surface area contributed by atoms with Crippen LogP contribution in [0, 0.1) is 5.82 Å². The molecule has 130 valence electrons. The third-order valence-electron chi connectivity index (χ3n) is 3.79. The van der Waals surface area contributed by atoms with E-state index in [0.717, 1.165) is 6.42 Å². The number of nitrogens with one attached hydrogen (secondary N) is 1. The Kier molecular flexibility index (Phi) is 5.19. The summed E-state index contributed by atoms with van der Waals surface area (Å²) in [5.41, 5.74) is 1.10. The van der Waals surface area contributed by atoms with Crippen LogP contribution in [0.4, 0.5) is 15.8 Å². The summed E-state index contributed by atoms with van der Waals surface area (Å²) in [5.74, 6) is -0.919. The summed E-state index contributed by atoms with van der Waals surface area (Å²) in [7, 11) is 0. The normalized spacial score (nSPS) is 13.8. The molecule has 0 spiro atoms. The van der Waals surface area contributed by atoms with E-state index in [0.29, 0.717) is 29.4 Å². The Labute approximate surface area is 149 Å². The van der Waals surface area contributed by atoms with Crippen molar-refractivity contribution < 1.29 is 18.7 Å². The molecule has 1 saturated heterocycles. The van der Waals surface area contributed by atoms with Crippen LogP contribution in [0.15, 0.2) is 42.5 Å². The molecule has 1 aliphatic heterocycles. The lowest BCUT2D eigenvalue weighted by atomic mass is 10.2. The molecule has 3 rings (SSSR count). The van der Waals surface area contributed by atoms with Gasteiger partial charge in [-0.2, -0.15) is 0 Å². The fourth-order valence-corrected chi connectivity index (χ4v) is 2.89. The third kappa shape index (κ3) is 4.09. The largest absolute Gasteiger partial charge is 0.481 e. The van der Waals surface area contributed by atoms with Crippen molar-refractivity contribution in [1.29, 1.82) is 0 Å². The number of ether oxygens (including phenoxy) is 1. The molecule has 1 N–H and O–H groups in total. The Balaban J connectivity index is 1.61. The second kappa shape index (κ2) is 7.53. The molecular formula is C18H16ClFN2O3. The van der Waals surface area contributed by atoms with Crippen molar-refractivity contribution in [2.45, 2.75) is 12.8 Å². The molecule has 7 heteroatoms. The van der Waals surface area contributed by atoms with Crippen LogP contribution >= 0.6 is 11.6 Å². The number of benzene rings is 2. The van der Waals surface area contributed by atoms with Gasteiger partial charge in [0.1, 0.15) is 0 Å². The maximum Gasteiger partial charge on any atom is 0.262 e. The SMILES string of the molecule is O=C(COc1ccccc1F)Nc1ccc(N2CCCC2=O)c(Cl)c1. The number of anilines is 2. The molecule has 5 nitrogen and oxygen atoms in total. The van der Waals surface area contributed by atoms with Gasteiger partial charge in [-0.25, -0.2) is 4.39 Å². The van der Waals surface area contributed by atoms with E-state index in [1.54, 1.807) is 29.2 Å². The zero-order valence-corrected chi connectivity index (χ0v) is 14.1. The van der Waals surface area contributed by atoms with E-state index in [1.165, 1.54) is 18.2 Å². The van der Waals surface area contributed by atoms with Crippen LogP contribution in [-0.4, -0.2) is 25.0 Å². The van der Waals surface area contributed by atoms with Crippen LogP contribution in [0.5, 0.6) is 5.75 Å². The van der Waals surface area contributed by atoms with Gasteiger partial charge in [0, 0.05) is 18.7 Å². The average Bonchev–Trinajstić information content (AvgIpc) is 3.00. The molecule has 0 bridgehead atoms. The summed E-state index contributed by atoms with van der Waals surface area (Å²) in [6.45, 7) is 0.311. The van der Waals surface area contributed by atoms with Gasteiger partial charge in [-0.15, -0.1) is 0 Å². The highest BCUT2D eigenvalue weighted by molar-refractivity contribution is 6.34. The highest BCUT2D eigenvalue weighted by Gasteiger charge is 2.23. The van der Waals surface area contributed by atoms with Crippen molar-refractivity contribution in [3.63, 3.8) is 0 Å². The Morgan fingerprint density at radius 1 is 1.28 bits per heavy atom. The van der Waals surface area contributed by atoms with Crippen molar-refractivity contribution in [2.24, 2.45) is 0 Å². The topological polar surface area (TPSA) is 58.6 Å². The molecule has 0 aromatic heterocycles. The van der Waals surface area contributed by atoms with Crippen molar-refractivity contribution >= 4 is 34.8 Å². The van der Waals surface area contributed by atoms with Crippen LogP contribution in [0.2, 0.25) is 5.02 Å². The minimum absolute atomic E-state index is 0.0126. The second-order valence-corrected chi connectivity index (χ2v) is 5.99. The van der Waals surface area contributed by atoms with Crippen molar-refractivity contribution in [2.75, 3.05) is 23.4 Å². The van der Waals surface area contributed by atoms with Gasteiger partial charge in [0.15, 0.2) is 18.2 Å². The fourth-order valence-electron chi connectivity index (χ4n) is 2.61. The zero-order valence-electron chi connectivity index (χ0n) is 13.3. The number of hydrogen-bond acceptors (Lipinski definition) is 3. The number of hydrogen-bond donors (Lipinski definition) is 1. The average molecular weight is 363 g/mol. The van der Waals surface area contributed by atoms with Crippen LogP contribution in [0.1, 0.15) is 12.8 Å². The van der Waals surface area contributed by atoms with Crippen molar-refractivity contribution in [3.05, 3.63) is 53.3 Å². The lowest BCUT2D eigenvalue weighted by molar-refractivity contribution is -0.118. The van der Waals surface area contributed by atoms with Gasteiger partial charge < -0.3 is 15.0 Å². The first-order valence-electron chi connectivity index (χ1n) is 7.81. The molecule has 25 heavy (non-hydrogen) atoms. The molecule has 1 aliphatic rings. The van der Waals surface area contributed by atoms with Gasteiger partial charge in [-0.3, -0.25) is 9.59 Å². The summed E-state index contributed by atoms with van der Waals surface area (Å²) in [5, 5.41) is 3.01. The molecule has 0 atom stereocenters. The summed E-state index contributed by atoms with van der Waals surface area (Å²) in [6.07, 6.45) is 1.32. The van der Waals surface area contributed by atoms with E-state index in [9.17, 15) is 14.0 Å². The number of halogens is 2. The first kappa shape index (κ1) is 17.2. The Bertz CT molecular complexity index is 813. The maximum absolute atomic E-state index is 13.4. The predicted molar refractivity (Wildman–Crippen MR) is 93.6 cm³/mol. The van der Waals surface area contributed by atoms with E-state index in [2.05, 4.69) is 5.32 Å². The van der Waals surface area contributed by atoms with Crippen molar-refractivity contribution in [3.8, 4) is 5.75 Å². The van der Waals surface area contributed by atoms with Crippen LogP contribution < -0.4 is 15.0 Å². The van der Waals surface area contributed by atoms with E-state index in [4.69, 9.17) is 16.3 Å². The molecule has 0 unspecified atom stereocenters. The summed E-state index contributed by atoms with van der Waals surface area (Å²) in [4.78, 5) is 25.4. The van der Waals surface area contributed by atoms with Gasteiger partial charge in [0.25, 0.3) is 5.91 Å². The molecule has 2 amide bonds. The number of amides is 2.